The van der Waals surface area contributed by atoms with E-state index in [9.17, 15) is 0 Å². The fourth-order valence-corrected chi connectivity index (χ4v) is 4.23. The Bertz CT molecular complexity index is 310. The van der Waals surface area contributed by atoms with E-state index in [-0.39, 0.29) is 5.54 Å². The largest absolute Gasteiger partial charge is 0.359 e. The van der Waals surface area contributed by atoms with E-state index in [1.54, 1.807) is 0 Å². The van der Waals surface area contributed by atoms with Crippen molar-refractivity contribution in [1.82, 2.24) is 5.32 Å². The molecular formula is C12H20N2S2. The molecule has 1 aliphatic heterocycles. The minimum absolute atomic E-state index is 0.217. The molecule has 0 amide bonds. The standard InChI is InChI=1S/C12H20N2S2/c1-3-13-11-14-12(7-8-16-11)6-4-5-10(15)9(12)2/h9H,3-8H2,1-2H3,(H,13,14). The van der Waals surface area contributed by atoms with Gasteiger partial charge in [0.1, 0.15) is 0 Å². The van der Waals surface area contributed by atoms with Gasteiger partial charge in [-0.25, -0.2) is 0 Å². The van der Waals surface area contributed by atoms with Gasteiger partial charge in [-0.05, 0) is 37.5 Å². The lowest BCUT2D eigenvalue weighted by Gasteiger charge is -2.47. The molecule has 0 aromatic rings. The minimum atomic E-state index is 0.217. The number of aliphatic imine (C=N–C) groups is 1. The van der Waals surface area contributed by atoms with E-state index in [0.717, 1.165) is 18.1 Å². The summed E-state index contributed by atoms with van der Waals surface area (Å²) in [5.41, 5.74) is 0.217. The number of nitrogens with one attached hydrogen (secondary N) is 1. The molecule has 1 N–H and O–H groups in total. The molecular weight excluding hydrogens is 236 g/mol. The lowest BCUT2D eigenvalue weighted by atomic mass is 9.72. The summed E-state index contributed by atoms with van der Waals surface area (Å²) in [5.74, 6) is 1.69. The Labute approximate surface area is 108 Å². The highest BCUT2D eigenvalue weighted by atomic mass is 32.2. The molecule has 0 radical (unpaired) electrons. The first-order chi connectivity index (χ1) is 7.68. The van der Waals surface area contributed by atoms with Crippen LogP contribution in [-0.2, 0) is 0 Å². The smallest absolute Gasteiger partial charge is 0.156 e. The van der Waals surface area contributed by atoms with Crippen molar-refractivity contribution in [3.63, 3.8) is 0 Å². The van der Waals surface area contributed by atoms with E-state index in [2.05, 4.69) is 24.2 Å². The van der Waals surface area contributed by atoms with Crippen molar-refractivity contribution in [2.24, 2.45) is 10.9 Å². The molecule has 1 saturated carbocycles. The van der Waals surface area contributed by atoms with Gasteiger partial charge in [-0.3, -0.25) is 4.99 Å². The number of nitrogens with zero attached hydrogens (tertiary/aromatic N) is 1. The second kappa shape index (κ2) is 5.05. The van der Waals surface area contributed by atoms with Gasteiger partial charge in [0.2, 0.25) is 0 Å². The maximum Gasteiger partial charge on any atom is 0.156 e. The highest BCUT2D eigenvalue weighted by Gasteiger charge is 2.42. The van der Waals surface area contributed by atoms with Crippen LogP contribution in [0.15, 0.2) is 4.99 Å². The Hall–Kier alpha value is -0.0900. The van der Waals surface area contributed by atoms with Crippen molar-refractivity contribution in [2.45, 2.75) is 45.1 Å². The van der Waals surface area contributed by atoms with Gasteiger partial charge in [-0.15, -0.1) is 0 Å². The van der Waals surface area contributed by atoms with Crippen LogP contribution in [0.1, 0.15) is 39.5 Å². The van der Waals surface area contributed by atoms with Crippen molar-refractivity contribution in [2.75, 3.05) is 12.3 Å². The van der Waals surface area contributed by atoms with Gasteiger partial charge in [0.25, 0.3) is 0 Å². The predicted molar refractivity (Wildman–Crippen MR) is 76.5 cm³/mol. The molecule has 0 aromatic heterocycles. The van der Waals surface area contributed by atoms with Crippen LogP contribution in [0, 0.1) is 5.92 Å². The van der Waals surface area contributed by atoms with Gasteiger partial charge in [0, 0.05) is 23.8 Å². The molecule has 2 nitrogen and oxygen atoms in total. The minimum Gasteiger partial charge on any atom is -0.359 e. The summed E-state index contributed by atoms with van der Waals surface area (Å²) >= 11 is 7.35. The predicted octanol–water partition coefficient (Wildman–Crippen LogP) is 3.02. The summed E-state index contributed by atoms with van der Waals surface area (Å²) in [6, 6.07) is 0. The number of thiocarbonyl (C=S) groups is 1. The van der Waals surface area contributed by atoms with Crippen LogP contribution in [0.5, 0.6) is 0 Å². The monoisotopic (exact) mass is 256 g/mol. The Morgan fingerprint density at radius 2 is 2.38 bits per heavy atom. The van der Waals surface area contributed by atoms with E-state index in [1.807, 2.05) is 11.8 Å². The summed E-state index contributed by atoms with van der Waals surface area (Å²) < 4.78 is 0. The van der Waals surface area contributed by atoms with Crippen LogP contribution < -0.4 is 5.32 Å². The first kappa shape index (κ1) is 12.4. The molecule has 90 valence electrons. The highest BCUT2D eigenvalue weighted by Crippen LogP contribution is 2.38. The zero-order valence-corrected chi connectivity index (χ0v) is 11.7. The molecule has 2 aliphatic rings. The van der Waals surface area contributed by atoms with Crippen molar-refractivity contribution >= 4 is 34.0 Å². The van der Waals surface area contributed by atoms with Crippen LogP contribution in [0.25, 0.3) is 0 Å². The van der Waals surface area contributed by atoms with Gasteiger partial charge in [0.15, 0.2) is 5.17 Å². The molecule has 2 atom stereocenters. The Balaban J connectivity index is 2.17. The van der Waals surface area contributed by atoms with Crippen LogP contribution in [-0.4, -0.2) is 27.9 Å². The van der Waals surface area contributed by atoms with Crippen molar-refractivity contribution in [3.05, 3.63) is 0 Å². The maximum atomic E-state index is 5.50. The number of amidine groups is 1. The van der Waals surface area contributed by atoms with Gasteiger partial charge in [0.05, 0.1) is 0 Å². The van der Waals surface area contributed by atoms with Crippen molar-refractivity contribution < 1.29 is 0 Å². The van der Waals surface area contributed by atoms with Gasteiger partial charge in [-0.1, -0.05) is 30.9 Å². The summed E-state index contributed by atoms with van der Waals surface area (Å²) in [4.78, 5) is 5.77. The SMILES string of the molecule is CCN=C1NC2(CCCC(=S)C2C)CCS1. The van der Waals surface area contributed by atoms with E-state index in [0.29, 0.717) is 5.92 Å². The number of thioether (sulfide) groups is 1. The molecule has 16 heavy (non-hydrogen) atoms. The lowest BCUT2D eigenvalue weighted by molar-refractivity contribution is 0.260. The number of rotatable bonds is 1. The van der Waals surface area contributed by atoms with Gasteiger partial charge < -0.3 is 5.32 Å². The summed E-state index contributed by atoms with van der Waals surface area (Å²) in [6.45, 7) is 5.24. The average Bonchev–Trinajstić information content (AvgIpc) is 2.27. The molecule has 0 bridgehead atoms. The third-order valence-electron chi connectivity index (χ3n) is 3.80. The van der Waals surface area contributed by atoms with Gasteiger partial charge in [-0.2, -0.15) is 0 Å². The van der Waals surface area contributed by atoms with Crippen LogP contribution in [0.3, 0.4) is 0 Å². The third-order valence-corrected chi connectivity index (χ3v) is 5.27. The molecule has 2 rings (SSSR count). The van der Waals surface area contributed by atoms with E-state index in [4.69, 9.17) is 12.2 Å². The summed E-state index contributed by atoms with van der Waals surface area (Å²) in [5, 5.41) is 4.81. The first-order valence-corrected chi connectivity index (χ1v) is 7.55. The average molecular weight is 256 g/mol. The summed E-state index contributed by atoms with van der Waals surface area (Å²) in [7, 11) is 0. The second-order valence-electron chi connectivity index (χ2n) is 4.70. The Kier molecular flexibility index (Phi) is 3.90. The Morgan fingerprint density at radius 3 is 3.12 bits per heavy atom. The molecule has 2 unspecified atom stereocenters. The fourth-order valence-electron chi connectivity index (χ4n) is 2.70. The topological polar surface area (TPSA) is 24.4 Å². The molecule has 4 heteroatoms. The first-order valence-electron chi connectivity index (χ1n) is 6.16. The molecule has 1 spiro atoms. The number of hydrogen-bond donors (Lipinski definition) is 1. The Morgan fingerprint density at radius 1 is 1.56 bits per heavy atom. The number of hydrogen-bond acceptors (Lipinski definition) is 3. The molecule has 0 aromatic carbocycles. The fraction of sp³-hybridized carbons (Fsp3) is 0.833. The van der Waals surface area contributed by atoms with Crippen LogP contribution >= 0.6 is 24.0 Å². The molecule has 2 fully saturated rings. The zero-order chi connectivity index (χ0) is 11.6. The molecule has 1 heterocycles. The molecule has 1 aliphatic carbocycles. The normalized spacial score (nSPS) is 37.8. The second-order valence-corrected chi connectivity index (χ2v) is 6.31. The zero-order valence-electron chi connectivity index (χ0n) is 10.1. The third kappa shape index (κ3) is 2.28. The van der Waals surface area contributed by atoms with E-state index >= 15 is 0 Å². The summed E-state index contributed by atoms with van der Waals surface area (Å²) in [6.07, 6.45) is 4.84. The van der Waals surface area contributed by atoms with Crippen LogP contribution in [0.2, 0.25) is 0 Å². The van der Waals surface area contributed by atoms with Crippen molar-refractivity contribution in [1.29, 1.82) is 0 Å². The van der Waals surface area contributed by atoms with Crippen LogP contribution in [0.4, 0.5) is 0 Å². The van der Waals surface area contributed by atoms with Crippen molar-refractivity contribution in [3.8, 4) is 0 Å². The lowest BCUT2D eigenvalue weighted by Crippen LogP contribution is -2.58. The highest BCUT2D eigenvalue weighted by molar-refractivity contribution is 8.13. The van der Waals surface area contributed by atoms with E-state index < -0.39 is 0 Å². The maximum absolute atomic E-state index is 5.50. The molecule has 1 saturated heterocycles. The van der Waals surface area contributed by atoms with E-state index in [1.165, 1.54) is 29.9 Å². The van der Waals surface area contributed by atoms with Gasteiger partial charge >= 0.3 is 0 Å². The quantitative estimate of drug-likeness (QED) is 0.730.